The fourth-order valence-electron chi connectivity index (χ4n) is 1.01. The number of rotatable bonds is 1. The number of fused-ring (bicyclic) bond motifs is 1. The second-order valence-corrected chi connectivity index (χ2v) is 3.60. The van der Waals surface area contributed by atoms with Gasteiger partial charge in [0.1, 0.15) is 5.52 Å². The van der Waals surface area contributed by atoms with Gasteiger partial charge in [-0.05, 0) is 12.1 Å². The van der Waals surface area contributed by atoms with Crippen LogP contribution in [0.5, 0.6) is 5.75 Å². The monoisotopic (exact) mass is 283 g/mol. The molecule has 1 heterocycles. The summed E-state index contributed by atoms with van der Waals surface area (Å²) in [5, 5.41) is 10.8. The van der Waals surface area contributed by atoms with Crippen LogP contribution < -0.4 is 17.1 Å². The van der Waals surface area contributed by atoms with Gasteiger partial charge in [-0.2, -0.15) is 0 Å². The molecule has 4 nitrogen and oxygen atoms in total. The van der Waals surface area contributed by atoms with Crippen molar-refractivity contribution in [3.63, 3.8) is 0 Å². The number of para-hydroxylation sites is 1. The van der Waals surface area contributed by atoms with Gasteiger partial charge < -0.3 is 21.7 Å². The fraction of sp³-hybridized carbons (Fsp3) is 0.300. The zero-order chi connectivity index (χ0) is 11.3. The minimum atomic E-state index is 0. The van der Waals surface area contributed by atoms with E-state index in [4.69, 9.17) is 14.7 Å². The zero-order valence-electron chi connectivity index (χ0n) is 9.01. The SMILES string of the molecule is CC(=N)Oc1cccc2[nH]oc12.C[CH2][Mn+].[Cl-]. The molecule has 0 saturated carbocycles. The molecule has 0 unspecified atom stereocenters. The van der Waals surface area contributed by atoms with Crippen LogP contribution >= 0.6 is 0 Å². The Morgan fingerprint density at radius 1 is 1.56 bits per heavy atom. The first kappa shape index (κ1) is 15.1. The Hall–Kier alpha value is -0.901. The van der Waals surface area contributed by atoms with Crippen LogP contribution in [-0.2, 0) is 16.0 Å². The fourth-order valence-corrected chi connectivity index (χ4v) is 1.01. The topological polar surface area (TPSA) is 62.0 Å². The van der Waals surface area contributed by atoms with Crippen molar-refractivity contribution in [2.45, 2.75) is 19.2 Å². The molecular weight excluding hydrogens is 271 g/mol. The number of halogens is 1. The average Bonchev–Trinajstić information content (AvgIpc) is 2.08. The second-order valence-electron chi connectivity index (χ2n) is 2.76. The van der Waals surface area contributed by atoms with E-state index < -0.39 is 0 Å². The van der Waals surface area contributed by atoms with Gasteiger partial charge in [0.25, 0.3) is 0 Å². The van der Waals surface area contributed by atoms with E-state index in [1.54, 1.807) is 13.0 Å². The molecule has 89 valence electrons. The number of ether oxygens (including phenoxy) is 1. The quantitative estimate of drug-likeness (QED) is 0.443. The number of hydrogen-bond acceptors (Lipinski definition) is 3. The van der Waals surface area contributed by atoms with Crippen LogP contribution in [0.4, 0.5) is 0 Å². The van der Waals surface area contributed by atoms with Crippen LogP contribution in [0.2, 0.25) is 5.32 Å². The Kier molecular flexibility index (Phi) is 6.97. The number of benzene rings is 1. The molecule has 2 N–H and O–H groups in total. The van der Waals surface area contributed by atoms with Crippen LogP contribution in [0.1, 0.15) is 13.8 Å². The number of H-pyrrole nitrogens is 1. The normalized spacial score (nSPS) is 8.88. The van der Waals surface area contributed by atoms with E-state index in [0.717, 1.165) is 10.8 Å². The van der Waals surface area contributed by atoms with E-state index in [-0.39, 0.29) is 18.3 Å². The molecule has 6 heteroatoms. The molecule has 0 aliphatic carbocycles. The first-order valence-corrected chi connectivity index (χ1v) is 5.37. The summed E-state index contributed by atoms with van der Waals surface area (Å²) in [6.07, 6.45) is 0. The van der Waals surface area contributed by atoms with Crippen molar-refractivity contribution in [1.29, 1.82) is 5.41 Å². The Bertz CT molecular complexity index is 439. The summed E-state index contributed by atoms with van der Waals surface area (Å²) in [4.78, 5) is 0. The Labute approximate surface area is 108 Å². The smallest absolute Gasteiger partial charge is 1.00 e. The molecule has 1 aromatic carbocycles. The molecular formula is C10H13ClMnN2O2. The predicted molar refractivity (Wildman–Crippen MR) is 55.1 cm³/mol. The molecule has 0 amide bonds. The minimum Gasteiger partial charge on any atom is -1.00 e. The molecule has 0 bridgehead atoms. The minimum absolute atomic E-state index is 0. The first-order chi connectivity index (χ1) is 7.19. The maximum atomic E-state index is 7.12. The van der Waals surface area contributed by atoms with Crippen molar-refractivity contribution >= 4 is 17.0 Å². The second kappa shape index (κ2) is 7.39. The van der Waals surface area contributed by atoms with Crippen molar-refractivity contribution in [3.05, 3.63) is 18.2 Å². The van der Waals surface area contributed by atoms with Crippen molar-refractivity contribution in [2.75, 3.05) is 0 Å². The summed E-state index contributed by atoms with van der Waals surface area (Å²) in [5.41, 5.74) is 1.57. The molecule has 2 aromatic rings. The van der Waals surface area contributed by atoms with Gasteiger partial charge in [-0.15, -0.1) is 0 Å². The van der Waals surface area contributed by atoms with Gasteiger partial charge in [0.2, 0.25) is 5.58 Å². The molecule has 0 saturated heterocycles. The van der Waals surface area contributed by atoms with Gasteiger partial charge in [-0.25, -0.2) is 5.16 Å². The van der Waals surface area contributed by atoms with Crippen LogP contribution in [0.3, 0.4) is 0 Å². The van der Waals surface area contributed by atoms with Crippen molar-refractivity contribution < 1.29 is 37.7 Å². The molecule has 0 radical (unpaired) electrons. The summed E-state index contributed by atoms with van der Waals surface area (Å²) in [7, 11) is 0. The van der Waals surface area contributed by atoms with Gasteiger partial charge in [-0.1, -0.05) is 6.07 Å². The van der Waals surface area contributed by atoms with E-state index in [9.17, 15) is 0 Å². The average molecular weight is 284 g/mol. The summed E-state index contributed by atoms with van der Waals surface area (Å²) in [5.74, 6) is 0.734. The molecule has 0 aliphatic heterocycles. The van der Waals surface area contributed by atoms with E-state index in [1.807, 2.05) is 19.1 Å². The molecule has 1 aromatic heterocycles. The van der Waals surface area contributed by atoms with Crippen LogP contribution in [0.25, 0.3) is 11.1 Å². The molecule has 0 fully saturated rings. The van der Waals surface area contributed by atoms with Gasteiger partial charge in [-0.3, -0.25) is 5.41 Å². The zero-order valence-corrected chi connectivity index (χ0v) is 10.9. The van der Waals surface area contributed by atoms with Gasteiger partial charge in [0, 0.05) is 6.92 Å². The van der Waals surface area contributed by atoms with Crippen LogP contribution in [0.15, 0.2) is 22.7 Å². The third kappa shape index (κ3) is 3.93. The summed E-state index contributed by atoms with van der Waals surface area (Å²) in [6, 6.07) is 5.48. The van der Waals surface area contributed by atoms with Crippen molar-refractivity contribution in [2.24, 2.45) is 0 Å². The summed E-state index contributed by atoms with van der Waals surface area (Å²) >= 11 is 3.15. The molecule has 16 heavy (non-hydrogen) atoms. The summed E-state index contributed by atoms with van der Waals surface area (Å²) < 4.78 is 10.0. The van der Waals surface area contributed by atoms with Crippen LogP contribution in [0, 0.1) is 5.41 Å². The van der Waals surface area contributed by atoms with Gasteiger partial charge >= 0.3 is 28.3 Å². The Morgan fingerprint density at radius 3 is 2.62 bits per heavy atom. The third-order valence-corrected chi connectivity index (χ3v) is 1.51. The van der Waals surface area contributed by atoms with E-state index >= 15 is 0 Å². The molecule has 0 atom stereocenters. The number of aromatic nitrogens is 1. The molecule has 2 rings (SSSR count). The standard InChI is InChI=1S/C8H8N2O2.C2H5.ClH.Mn/c1-5(9)11-7-4-2-3-6-8(7)12-10-6;1-2;;/h2-4,9-10H,1H3;1H2,2H3;1H;/q;;;+1/p-1. The van der Waals surface area contributed by atoms with Crippen molar-refractivity contribution in [1.82, 2.24) is 5.16 Å². The van der Waals surface area contributed by atoms with Crippen LogP contribution in [-0.4, -0.2) is 11.1 Å². The Balaban J connectivity index is 0.000000511. The van der Waals surface area contributed by atoms with Crippen molar-refractivity contribution in [3.8, 4) is 5.75 Å². The van der Waals surface area contributed by atoms with E-state index in [0.29, 0.717) is 11.3 Å². The number of nitrogens with one attached hydrogen (secondary N) is 2. The van der Waals surface area contributed by atoms with E-state index in [2.05, 4.69) is 21.2 Å². The van der Waals surface area contributed by atoms with Gasteiger partial charge in [0.05, 0.1) is 0 Å². The molecule has 0 aliphatic rings. The maximum absolute atomic E-state index is 7.12. The number of hydrogen-bond donors (Lipinski definition) is 2. The van der Waals surface area contributed by atoms with Gasteiger partial charge in [0.15, 0.2) is 11.6 Å². The predicted octanol–water partition coefficient (Wildman–Crippen LogP) is 0.112. The Morgan fingerprint density at radius 2 is 2.19 bits per heavy atom. The maximum Gasteiger partial charge on any atom is -1.00 e. The number of aromatic amines is 1. The summed E-state index contributed by atoms with van der Waals surface area (Å²) in [6.45, 7) is 3.62. The molecule has 0 spiro atoms. The van der Waals surface area contributed by atoms with E-state index in [1.165, 1.54) is 0 Å². The largest absolute Gasteiger partial charge is 1.00 e. The third-order valence-electron chi connectivity index (χ3n) is 1.51. The first-order valence-electron chi connectivity index (χ1n) is 4.53.